The number of rotatable bonds is 13. The Hall–Kier alpha value is -4.34. The molecular weight excluding hydrogens is 673 g/mol. The number of imidazole rings is 1. The molecule has 0 aliphatic carbocycles. The van der Waals surface area contributed by atoms with Crippen molar-refractivity contribution in [2.75, 3.05) is 52.5 Å². The number of hydrogen-bond acceptors (Lipinski definition) is 8. The number of halogens is 3. The molecule has 0 saturated carbocycles. The molecule has 1 N–H and O–H groups in total. The fourth-order valence-electron chi connectivity index (χ4n) is 7.03. The Labute approximate surface area is 300 Å². The Morgan fingerprint density at radius 2 is 1.60 bits per heavy atom. The van der Waals surface area contributed by atoms with Crippen molar-refractivity contribution in [3.05, 3.63) is 117 Å². The summed E-state index contributed by atoms with van der Waals surface area (Å²) in [5, 5.41) is 11.4. The van der Waals surface area contributed by atoms with E-state index >= 15 is 0 Å². The fourth-order valence-corrected chi connectivity index (χ4v) is 7.03. The minimum Gasteiger partial charge on any atom is -0.376 e. The highest BCUT2D eigenvalue weighted by Crippen LogP contribution is 2.34. The van der Waals surface area contributed by atoms with Crippen molar-refractivity contribution < 1.29 is 22.6 Å². The molecular formula is C38H45F3N8O3. The van der Waals surface area contributed by atoms with Gasteiger partial charge < -0.3 is 19.4 Å². The Bertz CT molecular complexity index is 1990. The molecule has 2 aliphatic rings. The van der Waals surface area contributed by atoms with E-state index in [2.05, 4.69) is 49.6 Å². The maximum atomic E-state index is 14.4. The summed E-state index contributed by atoms with van der Waals surface area (Å²) < 4.78 is 59.2. The molecule has 14 heteroatoms. The number of nitrogens with zero attached hydrogens (tertiary/aromatic N) is 7. The maximum absolute atomic E-state index is 14.4. The maximum Gasteiger partial charge on any atom is 0.418 e. The van der Waals surface area contributed by atoms with Crippen LogP contribution < -0.4 is 11.0 Å². The number of benzene rings is 2. The number of piperazine rings is 1. The summed E-state index contributed by atoms with van der Waals surface area (Å²) in [6.07, 6.45) is 1.84. The molecule has 0 unspecified atom stereocenters. The van der Waals surface area contributed by atoms with Gasteiger partial charge in [0.15, 0.2) is 0 Å². The minimum atomic E-state index is -4.63. The molecule has 2 aliphatic heterocycles. The smallest absolute Gasteiger partial charge is 0.376 e. The highest BCUT2D eigenvalue weighted by molar-refractivity contribution is 5.58. The molecule has 0 spiro atoms. The molecule has 0 bridgehead atoms. The SMILES string of the molecule is Cn1cnnc1Cc1cccc(-n2cc3c(C(F)(F)F)cc(CN4CCC(OCCOCc5ccc(CN6CCNCC6)cc5)CC4)cn3c2=O)c1. The van der Waals surface area contributed by atoms with Crippen LogP contribution >= 0.6 is 0 Å². The highest BCUT2D eigenvalue weighted by atomic mass is 19.4. The lowest BCUT2D eigenvalue weighted by Gasteiger charge is -2.32. The van der Waals surface area contributed by atoms with Gasteiger partial charge in [0.1, 0.15) is 12.2 Å². The van der Waals surface area contributed by atoms with Crippen LogP contribution in [0.5, 0.6) is 0 Å². The second-order valence-corrected chi connectivity index (χ2v) is 13.7. The number of fused-ring (bicyclic) bond motifs is 1. The zero-order valence-electron chi connectivity index (χ0n) is 29.4. The van der Waals surface area contributed by atoms with E-state index in [0.29, 0.717) is 57.1 Å². The monoisotopic (exact) mass is 718 g/mol. The van der Waals surface area contributed by atoms with Gasteiger partial charge in [0, 0.05) is 78.2 Å². The van der Waals surface area contributed by atoms with Gasteiger partial charge in [0.25, 0.3) is 0 Å². The Morgan fingerprint density at radius 1 is 0.865 bits per heavy atom. The fraction of sp³-hybridized carbons (Fsp3) is 0.447. The number of nitrogens with one attached hydrogen (secondary N) is 1. The predicted molar refractivity (Wildman–Crippen MR) is 190 cm³/mol. The molecule has 2 saturated heterocycles. The molecule has 2 aromatic carbocycles. The third kappa shape index (κ3) is 8.81. The molecule has 52 heavy (non-hydrogen) atoms. The summed E-state index contributed by atoms with van der Waals surface area (Å²) in [6, 6.07) is 16.9. The van der Waals surface area contributed by atoms with Crippen LogP contribution in [0.3, 0.4) is 0 Å². The second-order valence-electron chi connectivity index (χ2n) is 13.7. The van der Waals surface area contributed by atoms with Crippen LogP contribution in [0.15, 0.2) is 78.1 Å². The number of likely N-dealkylation sites (tertiary alicyclic amines) is 1. The van der Waals surface area contributed by atoms with Gasteiger partial charge in [-0.05, 0) is 53.3 Å². The number of pyridine rings is 1. The van der Waals surface area contributed by atoms with Crippen molar-refractivity contribution in [2.24, 2.45) is 7.05 Å². The summed E-state index contributed by atoms with van der Waals surface area (Å²) in [5.74, 6) is 0.731. The van der Waals surface area contributed by atoms with Gasteiger partial charge in [0.05, 0.1) is 42.7 Å². The van der Waals surface area contributed by atoms with Crippen LogP contribution in [0.1, 0.15) is 46.5 Å². The Kier molecular flexibility index (Phi) is 11.2. The minimum absolute atomic E-state index is 0.0680. The quantitative estimate of drug-likeness (QED) is 0.179. The third-order valence-corrected chi connectivity index (χ3v) is 9.91. The summed E-state index contributed by atoms with van der Waals surface area (Å²) in [4.78, 5) is 18.1. The molecule has 0 atom stereocenters. The van der Waals surface area contributed by atoms with Crippen LogP contribution in [0.4, 0.5) is 13.2 Å². The molecule has 0 amide bonds. The first kappa shape index (κ1) is 36.0. The van der Waals surface area contributed by atoms with Crippen molar-refractivity contribution in [1.29, 1.82) is 0 Å². The molecule has 11 nitrogen and oxygen atoms in total. The van der Waals surface area contributed by atoms with Gasteiger partial charge in [0.2, 0.25) is 0 Å². The second kappa shape index (κ2) is 16.1. The molecule has 2 fully saturated rings. The summed E-state index contributed by atoms with van der Waals surface area (Å²) in [5.41, 5.74) is 2.63. The molecule has 276 valence electrons. The zero-order valence-corrected chi connectivity index (χ0v) is 29.4. The van der Waals surface area contributed by atoms with Crippen LogP contribution in [0, 0.1) is 0 Å². The predicted octanol–water partition coefficient (Wildman–Crippen LogP) is 4.43. The van der Waals surface area contributed by atoms with Crippen molar-refractivity contribution in [1.82, 2.24) is 38.8 Å². The van der Waals surface area contributed by atoms with E-state index in [9.17, 15) is 18.0 Å². The number of alkyl halides is 3. The van der Waals surface area contributed by atoms with E-state index in [1.54, 1.807) is 29.1 Å². The number of ether oxygens (including phenoxy) is 2. The van der Waals surface area contributed by atoms with Crippen molar-refractivity contribution in [3.63, 3.8) is 0 Å². The van der Waals surface area contributed by atoms with Gasteiger partial charge in [-0.2, -0.15) is 13.2 Å². The number of piperidine rings is 1. The van der Waals surface area contributed by atoms with Crippen LogP contribution in [-0.4, -0.2) is 92.1 Å². The lowest BCUT2D eigenvalue weighted by atomic mass is 10.1. The van der Waals surface area contributed by atoms with Crippen molar-refractivity contribution >= 4 is 5.52 Å². The topological polar surface area (TPSA) is 94.1 Å². The zero-order chi connectivity index (χ0) is 36.1. The van der Waals surface area contributed by atoms with E-state index in [1.165, 1.54) is 28.6 Å². The van der Waals surface area contributed by atoms with Crippen molar-refractivity contribution in [2.45, 2.75) is 51.2 Å². The molecule has 5 aromatic rings. The summed E-state index contributed by atoms with van der Waals surface area (Å²) in [6.45, 7) is 8.37. The largest absolute Gasteiger partial charge is 0.418 e. The van der Waals surface area contributed by atoms with E-state index in [-0.39, 0.29) is 11.6 Å². The first-order valence-corrected chi connectivity index (χ1v) is 17.9. The third-order valence-electron chi connectivity index (χ3n) is 9.91. The van der Waals surface area contributed by atoms with Crippen molar-refractivity contribution in [3.8, 4) is 5.69 Å². The van der Waals surface area contributed by atoms with Gasteiger partial charge in [-0.15, -0.1) is 10.2 Å². The van der Waals surface area contributed by atoms with Gasteiger partial charge in [-0.1, -0.05) is 36.4 Å². The van der Waals surface area contributed by atoms with Crippen LogP contribution in [-0.2, 0) is 48.8 Å². The molecule has 0 radical (unpaired) electrons. The van der Waals surface area contributed by atoms with E-state index in [4.69, 9.17) is 9.47 Å². The highest BCUT2D eigenvalue weighted by Gasteiger charge is 2.35. The molecule has 3 aromatic heterocycles. The Balaban J connectivity index is 0.913. The average molecular weight is 719 g/mol. The van der Waals surface area contributed by atoms with Gasteiger partial charge in [-0.3, -0.25) is 18.8 Å². The normalized spacial score (nSPS) is 16.6. The first-order valence-electron chi connectivity index (χ1n) is 17.9. The summed E-state index contributed by atoms with van der Waals surface area (Å²) in [7, 11) is 1.84. The average Bonchev–Trinajstić information content (AvgIpc) is 3.70. The van der Waals surface area contributed by atoms with Gasteiger partial charge >= 0.3 is 11.9 Å². The van der Waals surface area contributed by atoms with Gasteiger partial charge in [-0.25, -0.2) is 4.79 Å². The lowest BCUT2D eigenvalue weighted by molar-refractivity contribution is -0.136. The number of hydrogen-bond donors (Lipinski definition) is 1. The van der Waals surface area contributed by atoms with E-state index in [0.717, 1.165) is 66.9 Å². The van der Waals surface area contributed by atoms with Crippen LogP contribution in [0.2, 0.25) is 0 Å². The molecule has 7 rings (SSSR count). The number of aryl methyl sites for hydroxylation is 1. The van der Waals surface area contributed by atoms with Crippen LogP contribution in [0.25, 0.3) is 11.2 Å². The van der Waals surface area contributed by atoms with E-state index in [1.807, 2.05) is 13.1 Å². The van der Waals surface area contributed by atoms with E-state index < -0.39 is 17.4 Å². The summed E-state index contributed by atoms with van der Waals surface area (Å²) >= 11 is 0. The number of aromatic nitrogens is 5. The molecule has 5 heterocycles. The lowest BCUT2D eigenvalue weighted by Crippen LogP contribution is -2.42. The first-order chi connectivity index (χ1) is 25.2. The Morgan fingerprint density at radius 3 is 2.33 bits per heavy atom. The standard InChI is InChI=1S/C38H45F3N8O3/c1-45-27-43-44-36(45)21-30-3-2-4-32(19-30)48-25-35-34(38(39,40)41)20-31(24-49(35)37(48)50)23-46-13-9-33(10-14-46)52-18-17-51-26-29-7-5-28(6-8-29)22-47-15-11-42-12-16-47/h2-8,19-20,24-25,27,33,42H,9-18,21-23,26H2,1H3.